The predicted octanol–water partition coefficient (Wildman–Crippen LogP) is 2.79. The van der Waals surface area contributed by atoms with Gasteiger partial charge in [0.15, 0.2) is 0 Å². The summed E-state index contributed by atoms with van der Waals surface area (Å²) in [5.41, 5.74) is 3.77. The molecule has 0 saturated carbocycles. The average molecular weight is 283 g/mol. The van der Waals surface area contributed by atoms with E-state index in [-0.39, 0.29) is 12.6 Å². The highest BCUT2D eigenvalue weighted by atomic mass is 16.5. The molecular weight excluding hydrogens is 262 g/mol. The van der Waals surface area contributed by atoms with Gasteiger partial charge in [-0.2, -0.15) is 0 Å². The second kappa shape index (κ2) is 6.29. The number of methoxy groups -OCH3 is 1. The maximum atomic E-state index is 9.84. The third kappa shape index (κ3) is 2.80. The van der Waals surface area contributed by atoms with Gasteiger partial charge in [0.25, 0.3) is 0 Å². The second-order valence-corrected chi connectivity index (χ2v) is 5.43. The molecule has 0 aromatic heterocycles. The molecule has 0 saturated heterocycles. The summed E-state index contributed by atoms with van der Waals surface area (Å²) in [6, 6.07) is 16.6. The van der Waals surface area contributed by atoms with Crippen LogP contribution in [-0.2, 0) is 13.0 Å². The largest absolute Gasteiger partial charge is 0.496 e. The Kier molecular flexibility index (Phi) is 4.23. The molecule has 0 aliphatic carbocycles. The summed E-state index contributed by atoms with van der Waals surface area (Å²) in [6.07, 6.45) is 1.03. The van der Waals surface area contributed by atoms with Crippen LogP contribution in [0.1, 0.15) is 22.7 Å². The molecule has 1 N–H and O–H groups in total. The maximum absolute atomic E-state index is 9.84. The summed E-state index contributed by atoms with van der Waals surface area (Å²) in [5, 5.41) is 9.84. The van der Waals surface area contributed by atoms with Crippen molar-refractivity contribution in [3.8, 4) is 5.75 Å². The standard InChI is InChI=1S/C18H21NO2/c1-21-18-9-5-3-7-15(18)12-19-11-10-14-6-2-4-8-16(14)17(19)13-20/h2-9,17,20H,10-13H2,1H3. The molecule has 1 aliphatic heterocycles. The number of fused-ring (bicyclic) bond motifs is 1. The van der Waals surface area contributed by atoms with E-state index in [9.17, 15) is 5.11 Å². The minimum absolute atomic E-state index is 0.0693. The number of aliphatic hydroxyl groups is 1. The molecule has 0 spiro atoms. The zero-order valence-electron chi connectivity index (χ0n) is 12.3. The first-order valence-electron chi connectivity index (χ1n) is 7.38. The van der Waals surface area contributed by atoms with Crippen LogP contribution in [0.15, 0.2) is 48.5 Å². The van der Waals surface area contributed by atoms with Crippen molar-refractivity contribution >= 4 is 0 Å². The first-order valence-corrected chi connectivity index (χ1v) is 7.38. The van der Waals surface area contributed by atoms with Crippen molar-refractivity contribution in [2.45, 2.75) is 19.0 Å². The lowest BCUT2D eigenvalue weighted by Gasteiger charge is -2.36. The van der Waals surface area contributed by atoms with Crippen LogP contribution in [0.25, 0.3) is 0 Å². The smallest absolute Gasteiger partial charge is 0.123 e. The quantitative estimate of drug-likeness (QED) is 0.936. The molecule has 1 aliphatic rings. The van der Waals surface area contributed by atoms with E-state index >= 15 is 0 Å². The SMILES string of the molecule is COc1ccccc1CN1CCc2ccccc2C1CO. The minimum Gasteiger partial charge on any atom is -0.496 e. The zero-order chi connectivity index (χ0) is 14.7. The summed E-state index contributed by atoms with van der Waals surface area (Å²) in [5.74, 6) is 0.910. The summed E-state index contributed by atoms with van der Waals surface area (Å²) < 4.78 is 5.44. The van der Waals surface area contributed by atoms with Crippen LogP contribution in [0.2, 0.25) is 0 Å². The number of benzene rings is 2. The lowest BCUT2D eigenvalue weighted by molar-refractivity contribution is 0.107. The van der Waals surface area contributed by atoms with E-state index < -0.39 is 0 Å². The highest BCUT2D eigenvalue weighted by molar-refractivity contribution is 5.35. The fraction of sp³-hybridized carbons (Fsp3) is 0.333. The van der Waals surface area contributed by atoms with E-state index in [1.165, 1.54) is 11.1 Å². The van der Waals surface area contributed by atoms with Crippen LogP contribution in [-0.4, -0.2) is 30.3 Å². The Balaban J connectivity index is 1.86. The molecule has 0 bridgehead atoms. The molecule has 0 fully saturated rings. The Labute approximate surface area is 125 Å². The fourth-order valence-corrected chi connectivity index (χ4v) is 3.16. The molecule has 3 rings (SSSR count). The van der Waals surface area contributed by atoms with E-state index in [0.717, 1.165) is 30.8 Å². The van der Waals surface area contributed by atoms with E-state index in [2.05, 4.69) is 29.2 Å². The molecule has 3 heteroatoms. The lowest BCUT2D eigenvalue weighted by atomic mass is 9.92. The van der Waals surface area contributed by atoms with Gasteiger partial charge in [0.05, 0.1) is 19.8 Å². The Morgan fingerprint density at radius 2 is 1.90 bits per heavy atom. The van der Waals surface area contributed by atoms with Crippen molar-refractivity contribution in [2.75, 3.05) is 20.3 Å². The summed E-state index contributed by atoms with van der Waals surface area (Å²) in [7, 11) is 1.70. The molecule has 2 aromatic carbocycles. The summed E-state index contributed by atoms with van der Waals surface area (Å²) >= 11 is 0. The van der Waals surface area contributed by atoms with Crippen molar-refractivity contribution in [3.63, 3.8) is 0 Å². The van der Waals surface area contributed by atoms with Crippen LogP contribution in [0.5, 0.6) is 5.75 Å². The van der Waals surface area contributed by atoms with Gasteiger partial charge in [-0.1, -0.05) is 42.5 Å². The Morgan fingerprint density at radius 3 is 2.71 bits per heavy atom. The van der Waals surface area contributed by atoms with Crippen molar-refractivity contribution in [1.82, 2.24) is 4.90 Å². The van der Waals surface area contributed by atoms with Gasteiger partial charge in [-0.3, -0.25) is 4.90 Å². The summed E-state index contributed by atoms with van der Waals surface area (Å²) in [4.78, 5) is 2.33. The second-order valence-electron chi connectivity index (χ2n) is 5.43. The monoisotopic (exact) mass is 283 g/mol. The van der Waals surface area contributed by atoms with E-state index in [4.69, 9.17) is 4.74 Å². The molecule has 0 amide bonds. The Hall–Kier alpha value is -1.84. The molecule has 3 nitrogen and oxygen atoms in total. The number of aliphatic hydroxyl groups excluding tert-OH is 1. The van der Waals surface area contributed by atoms with Crippen LogP contribution in [0, 0.1) is 0 Å². The number of ether oxygens (including phenoxy) is 1. The van der Waals surface area contributed by atoms with Gasteiger partial charge in [-0.15, -0.1) is 0 Å². The molecule has 1 heterocycles. The van der Waals surface area contributed by atoms with E-state index in [0.29, 0.717) is 0 Å². The van der Waals surface area contributed by atoms with Crippen molar-refractivity contribution in [1.29, 1.82) is 0 Å². The molecule has 2 aromatic rings. The van der Waals surface area contributed by atoms with Gasteiger partial charge in [0.2, 0.25) is 0 Å². The zero-order valence-corrected chi connectivity index (χ0v) is 12.3. The highest BCUT2D eigenvalue weighted by Crippen LogP contribution is 2.31. The first kappa shape index (κ1) is 14.1. The third-order valence-corrected chi connectivity index (χ3v) is 4.26. The summed E-state index contributed by atoms with van der Waals surface area (Å²) in [6.45, 7) is 1.90. The van der Waals surface area contributed by atoms with Crippen LogP contribution in [0.3, 0.4) is 0 Å². The minimum atomic E-state index is 0.0693. The average Bonchev–Trinajstić information content (AvgIpc) is 2.55. The fourth-order valence-electron chi connectivity index (χ4n) is 3.16. The molecule has 110 valence electrons. The molecular formula is C18H21NO2. The van der Waals surface area contributed by atoms with Gasteiger partial charge in [0, 0.05) is 18.7 Å². The van der Waals surface area contributed by atoms with Crippen molar-refractivity contribution < 1.29 is 9.84 Å². The maximum Gasteiger partial charge on any atom is 0.123 e. The van der Waals surface area contributed by atoms with Gasteiger partial charge in [0.1, 0.15) is 5.75 Å². The van der Waals surface area contributed by atoms with Gasteiger partial charge < -0.3 is 9.84 Å². The molecule has 1 unspecified atom stereocenters. The Bertz CT molecular complexity index is 612. The third-order valence-electron chi connectivity index (χ3n) is 4.26. The number of rotatable bonds is 4. The number of hydrogen-bond donors (Lipinski definition) is 1. The van der Waals surface area contributed by atoms with Crippen molar-refractivity contribution in [3.05, 3.63) is 65.2 Å². The van der Waals surface area contributed by atoms with Gasteiger partial charge in [-0.05, 0) is 23.6 Å². The Morgan fingerprint density at radius 1 is 1.14 bits per heavy atom. The highest BCUT2D eigenvalue weighted by Gasteiger charge is 2.26. The number of hydrogen-bond acceptors (Lipinski definition) is 3. The predicted molar refractivity (Wildman–Crippen MR) is 83.4 cm³/mol. The first-order chi connectivity index (χ1) is 10.3. The number of para-hydroxylation sites is 1. The van der Waals surface area contributed by atoms with E-state index in [1.807, 2.05) is 24.3 Å². The van der Waals surface area contributed by atoms with Crippen LogP contribution < -0.4 is 4.74 Å². The topological polar surface area (TPSA) is 32.7 Å². The van der Waals surface area contributed by atoms with Crippen LogP contribution >= 0.6 is 0 Å². The normalized spacial score (nSPS) is 18.3. The van der Waals surface area contributed by atoms with Gasteiger partial charge in [-0.25, -0.2) is 0 Å². The van der Waals surface area contributed by atoms with Crippen LogP contribution in [0.4, 0.5) is 0 Å². The molecule has 1 atom stereocenters. The van der Waals surface area contributed by atoms with E-state index in [1.54, 1.807) is 7.11 Å². The van der Waals surface area contributed by atoms with Gasteiger partial charge >= 0.3 is 0 Å². The molecule has 0 radical (unpaired) electrons. The molecule has 21 heavy (non-hydrogen) atoms. The number of nitrogens with zero attached hydrogens (tertiary/aromatic N) is 1. The lowest BCUT2D eigenvalue weighted by Crippen LogP contribution is -2.36. The van der Waals surface area contributed by atoms with Crippen molar-refractivity contribution in [2.24, 2.45) is 0 Å².